The Morgan fingerprint density at radius 1 is 1.12 bits per heavy atom. The molecule has 0 unspecified atom stereocenters. The van der Waals surface area contributed by atoms with Gasteiger partial charge < -0.3 is 20.1 Å². The number of benzene rings is 2. The second-order valence-electron chi connectivity index (χ2n) is 7.25. The molecule has 32 heavy (non-hydrogen) atoms. The fourth-order valence-electron chi connectivity index (χ4n) is 4.00. The second-order valence-corrected chi connectivity index (χ2v) is 7.25. The van der Waals surface area contributed by atoms with Crippen molar-refractivity contribution in [3.8, 4) is 5.75 Å². The van der Waals surface area contributed by atoms with Gasteiger partial charge in [0.05, 0.1) is 12.7 Å². The van der Waals surface area contributed by atoms with Crippen molar-refractivity contribution in [3.63, 3.8) is 0 Å². The molecule has 0 fully saturated rings. The van der Waals surface area contributed by atoms with Crippen LogP contribution in [-0.2, 0) is 12.0 Å². The Kier molecular flexibility index (Phi) is 5.70. The van der Waals surface area contributed by atoms with E-state index in [2.05, 4.69) is 10.3 Å². The van der Waals surface area contributed by atoms with E-state index in [1.807, 2.05) is 72.0 Å². The summed E-state index contributed by atoms with van der Waals surface area (Å²) in [7, 11) is 1.51. The van der Waals surface area contributed by atoms with Gasteiger partial charge in [0.15, 0.2) is 11.4 Å². The topological polar surface area (TPSA) is 121 Å². The number of aliphatic hydroxyl groups is 1. The number of rotatable bonds is 6. The first kappa shape index (κ1) is 21.2. The summed E-state index contributed by atoms with van der Waals surface area (Å²) in [6.07, 6.45) is 2.31. The molecule has 4 rings (SSSR count). The Morgan fingerprint density at radius 3 is 2.22 bits per heavy atom. The summed E-state index contributed by atoms with van der Waals surface area (Å²) in [4.78, 5) is 4.85. The predicted molar refractivity (Wildman–Crippen MR) is 122 cm³/mol. The molecule has 0 saturated heterocycles. The fraction of sp³-hybridized carbons (Fsp3) is 0.167. The number of methoxy groups -OCH3 is 1. The number of nitrogens with one attached hydrogen (secondary N) is 1. The van der Waals surface area contributed by atoms with Gasteiger partial charge in [0.1, 0.15) is 17.1 Å². The highest BCUT2D eigenvalue weighted by Gasteiger charge is 2.38. The maximum Gasteiger partial charge on any atom is 0.181 e. The number of nitrogens with zero attached hydrogens (tertiary/aromatic N) is 4. The quantitative estimate of drug-likeness (QED) is 0.142. The summed E-state index contributed by atoms with van der Waals surface area (Å²) in [5.74, 6) is 5.42. The summed E-state index contributed by atoms with van der Waals surface area (Å²) in [6, 6.07) is 20.7. The molecule has 0 amide bonds. The molecule has 4 aromatic rings. The highest BCUT2D eigenvalue weighted by atomic mass is 16.5. The van der Waals surface area contributed by atoms with Crippen LogP contribution in [0, 0.1) is 5.41 Å². The van der Waals surface area contributed by atoms with E-state index in [0.29, 0.717) is 40.2 Å². The first-order valence-corrected chi connectivity index (χ1v) is 10.2. The number of nitrogens with two attached hydrogens (primary N) is 1. The molecule has 0 aliphatic carbocycles. The Balaban J connectivity index is 2.04. The lowest BCUT2D eigenvalue weighted by molar-refractivity contribution is 0.120. The lowest BCUT2D eigenvalue weighted by Gasteiger charge is -2.29. The van der Waals surface area contributed by atoms with Gasteiger partial charge >= 0.3 is 0 Å². The molecule has 0 aliphatic heterocycles. The first-order chi connectivity index (χ1) is 15.5. The van der Waals surface area contributed by atoms with Gasteiger partial charge in [-0.05, 0) is 17.5 Å². The van der Waals surface area contributed by atoms with E-state index in [-0.39, 0.29) is 5.84 Å². The number of fused-ring (bicyclic) bond motifs is 1. The SMILES string of the molecule is CCc1c(C(O)(c2ccccc2)c2ccccc2)nc2cc(OC)c(C(=N)N=NN)cn12. The van der Waals surface area contributed by atoms with Gasteiger partial charge in [-0.3, -0.25) is 5.41 Å². The van der Waals surface area contributed by atoms with E-state index in [9.17, 15) is 5.11 Å². The van der Waals surface area contributed by atoms with Crippen LogP contribution in [0.5, 0.6) is 5.75 Å². The number of aryl methyl sites for hydroxylation is 1. The fourth-order valence-corrected chi connectivity index (χ4v) is 4.00. The third kappa shape index (κ3) is 3.40. The van der Waals surface area contributed by atoms with Crippen molar-refractivity contribution in [1.82, 2.24) is 9.38 Å². The van der Waals surface area contributed by atoms with Gasteiger partial charge in [-0.2, -0.15) is 0 Å². The van der Waals surface area contributed by atoms with E-state index >= 15 is 0 Å². The Bertz CT molecular complexity index is 1240. The third-order valence-corrected chi connectivity index (χ3v) is 5.51. The van der Waals surface area contributed by atoms with Crippen molar-refractivity contribution in [2.75, 3.05) is 7.11 Å². The number of hydrogen-bond donors (Lipinski definition) is 3. The van der Waals surface area contributed by atoms with E-state index in [1.54, 1.807) is 12.3 Å². The summed E-state index contributed by atoms with van der Waals surface area (Å²) in [6.45, 7) is 2.00. The van der Waals surface area contributed by atoms with E-state index in [4.69, 9.17) is 21.0 Å². The Morgan fingerprint density at radius 2 is 1.72 bits per heavy atom. The summed E-state index contributed by atoms with van der Waals surface area (Å²) >= 11 is 0. The van der Waals surface area contributed by atoms with Crippen molar-refractivity contribution >= 4 is 11.5 Å². The maximum atomic E-state index is 12.2. The molecular weight excluding hydrogens is 404 g/mol. The molecule has 0 radical (unpaired) electrons. The molecule has 2 aromatic heterocycles. The van der Waals surface area contributed by atoms with Crippen molar-refractivity contribution < 1.29 is 9.84 Å². The molecule has 2 aromatic carbocycles. The number of ether oxygens (including phenoxy) is 1. The predicted octanol–water partition coefficient (Wildman–Crippen LogP) is 3.84. The monoisotopic (exact) mass is 428 g/mol. The Labute approximate surface area is 185 Å². The summed E-state index contributed by atoms with van der Waals surface area (Å²) in [5.41, 5.74) is 2.26. The van der Waals surface area contributed by atoms with Crippen LogP contribution in [0.3, 0.4) is 0 Å². The number of imidazole rings is 1. The van der Waals surface area contributed by atoms with Crippen LogP contribution in [-0.4, -0.2) is 27.4 Å². The van der Waals surface area contributed by atoms with Crippen LogP contribution in [0.2, 0.25) is 0 Å². The zero-order valence-electron chi connectivity index (χ0n) is 17.9. The molecule has 0 saturated carbocycles. The van der Waals surface area contributed by atoms with Crippen LogP contribution in [0.1, 0.15) is 35.0 Å². The van der Waals surface area contributed by atoms with Gasteiger partial charge in [-0.15, -0.1) is 5.11 Å². The van der Waals surface area contributed by atoms with Crippen LogP contribution in [0.25, 0.3) is 5.65 Å². The minimum absolute atomic E-state index is 0.134. The normalized spacial score (nSPS) is 11.8. The molecule has 0 aliphatic rings. The average Bonchev–Trinajstić information content (AvgIpc) is 3.21. The second kappa shape index (κ2) is 8.60. The van der Waals surface area contributed by atoms with Gasteiger partial charge in [0.25, 0.3) is 0 Å². The lowest BCUT2D eigenvalue weighted by atomic mass is 9.82. The summed E-state index contributed by atoms with van der Waals surface area (Å²) in [5, 5.41) is 27.3. The number of aromatic nitrogens is 2. The largest absolute Gasteiger partial charge is 0.496 e. The third-order valence-electron chi connectivity index (χ3n) is 5.51. The molecule has 8 nitrogen and oxygen atoms in total. The highest BCUT2D eigenvalue weighted by molar-refractivity contribution is 5.99. The zero-order chi connectivity index (χ0) is 22.7. The maximum absolute atomic E-state index is 12.2. The molecular formula is C24H24N6O2. The standard InChI is InChI=1S/C24H24N6O2/c1-3-19-22(24(31,16-10-6-4-7-11-16)17-12-8-5-9-13-17)27-21-14-20(32-2)18(15-30(19)21)23(25)28-29-26/h4-15,31H,3H2,1-2H3,(H3,25,26,28). The van der Waals surface area contributed by atoms with E-state index < -0.39 is 5.60 Å². The minimum Gasteiger partial charge on any atom is -0.496 e. The van der Waals surface area contributed by atoms with E-state index in [0.717, 1.165) is 5.69 Å². The van der Waals surface area contributed by atoms with Crippen molar-refractivity contribution in [3.05, 3.63) is 101 Å². The molecule has 0 spiro atoms. The van der Waals surface area contributed by atoms with Crippen LogP contribution in [0.4, 0.5) is 0 Å². The number of amidine groups is 1. The van der Waals surface area contributed by atoms with Crippen LogP contribution in [0.15, 0.2) is 83.3 Å². The van der Waals surface area contributed by atoms with Gasteiger partial charge in [0, 0.05) is 18.0 Å². The Hall–Kier alpha value is -4.04. The van der Waals surface area contributed by atoms with E-state index in [1.165, 1.54) is 7.11 Å². The van der Waals surface area contributed by atoms with Gasteiger partial charge in [0.2, 0.25) is 0 Å². The highest BCUT2D eigenvalue weighted by Crippen LogP contribution is 2.39. The molecule has 8 heteroatoms. The average molecular weight is 428 g/mol. The molecule has 0 atom stereocenters. The number of hydrogen-bond acceptors (Lipinski definition) is 5. The van der Waals surface area contributed by atoms with Crippen molar-refractivity contribution in [2.45, 2.75) is 18.9 Å². The first-order valence-electron chi connectivity index (χ1n) is 10.2. The van der Waals surface area contributed by atoms with Gasteiger partial charge in [-0.1, -0.05) is 72.8 Å². The smallest absolute Gasteiger partial charge is 0.181 e. The van der Waals surface area contributed by atoms with Crippen LogP contribution < -0.4 is 10.6 Å². The molecule has 2 heterocycles. The van der Waals surface area contributed by atoms with Crippen LogP contribution >= 0.6 is 0 Å². The minimum atomic E-state index is -1.47. The summed E-state index contributed by atoms with van der Waals surface area (Å²) < 4.78 is 7.31. The van der Waals surface area contributed by atoms with Gasteiger partial charge in [-0.25, -0.2) is 4.98 Å². The van der Waals surface area contributed by atoms with Crippen molar-refractivity contribution in [1.29, 1.82) is 5.41 Å². The lowest BCUT2D eigenvalue weighted by Crippen LogP contribution is -2.30. The zero-order valence-corrected chi connectivity index (χ0v) is 17.9. The molecule has 4 N–H and O–H groups in total. The molecule has 162 valence electrons. The van der Waals surface area contributed by atoms with Crippen molar-refractivity contribution in [2.24, 2.45) is 16.2 Å². The number of pyridine rings is 1. The molecule has 0 bridgehead atoms.